The third-order valence-corrected chi connectivity index (χ3v) is 6.25. The average Bonchev–Trinajstić information content (AvgIpc) is 2.67. The van der Waals surface area contributed by atoms with Gasteiger partial charge in [0.1, 0.15) is 18.0 Å². The Hall–Kier alpha value is -0.940. The number of fused-ring (bicyclic) bond motifs is 1. The fraction of sp³-hybridized carbons (Fsp3) is 0.692. The van der Waals surface area contributed by atoms with Crippen molar-refractivity contribution in [3.63, 3.8) is 0 Å². The summed E-state index contributed by atoms with van der Waals surface area (Å²) in [6.45, 7) is 0.875. The minimum Gasteiger partial charge on any atom is -0.383 e. The van der Waals surface area contributed by atoms with Gasteiger partial charge >= 0.3 is 12.4 Å². The predicted molar refractivity (Wildman–Crippen MR) is 88.8 cm³/mol. The Balaban J connectivity index is 1.97. The number of nitrogen functional groups attached to an aromatic ring is 1. The minimum absolute atomic E-state index is 0.00770. The summed E-state index contributed by atoms with van der Waals surface area (Å²) in [6.07, 6.45) is -1.98. The third-order valence-electron chi connectivity index (χ3n) is 3.83. The second-order valence-electron chi connectivity index (χ2n) is 6.38. The van der Waals surface area contributed by atoms with Gasteiger partial charge in [-0.1, -0.05) is 0 Å². The summed E-state index contributed by atoms with van der Waals surface area (Å²) in [5.41, 5.74) is 2.71. The summed E-state index contributed by atoms with van der Waals surface area (Å²) >= 11 is 5.22. The van der Waals surface area contributed by atoms with E-state index in [1.165, 1.54) is 19.2 Å². The Labute approximate surface area is 148 Å². The molecule has 2 aliphatic heterocycles. The van der Waals surface area contributed by atoms with Gasteiger partial charge in [0.2, 0.25) is 0 Å². The first kappa shape index (κ1) is 18.8. The van der Waals surface area contributed by atoms with E-state index in [0.29, 0.717) is 0 Å². The van der Waals surface area contributed by atoms with Crippen LogP contribution in [0.5, 0.6) is 0 Å². The van der Waals surface area contributed by atoms with Crippen LogP contribution in [0.25, 0.3) is 0 Å². The molecular formula is C13H19FN3O6PS. The lowest BCUT2D eigenvalue weighted by molar-refractivity contribution is -0.217. The van der Waals surface area contributed by atoms with E-state index in [-0.39, 0.29) is 11.9 Å². The summed E-state index contributed by atoms with van der Waals surface area (Å²) < 4.78 is 37.7. The predicted octanol–water partition coefficient (Wildman–Crippen LogP) is 0.836. The third kappa shape index (κ3) is 3.25. The van der Waals surface area contributed by atoms with Crippen molar-refractivity contribution in [2.45, 2.75) is 50.7 Å². The number of hydrogen-bond acceptors (Lipinski definition) is 9. The number of rotatable bonds is 3. The molecule has 2 aliphatic rings. The molecule has 0 amide bonds. The van der Waals surface area contributed by atoms with Crippen LogP contribution in [-0.4, -0.2) is 44.9 Å². The molecule has 1 aromatic heterocycles. The van der Waals surface area contributed by atoms with E-state index in [2.05, 4.69) is 4.98 Å². The van der Waals surface area contributed by atoms with Crippen molar-refractivity contribution >= 4 is 24.3 Å². The Bertz CT molecular complexity index is 789. The van der Waals surface area contributed by atoms with Crippen molar-refractivity contribution in [2.75, 3.05) is 12.3 Å². The van der Waals surface area contributed by atoms with Crippen molar-refractivity contribution in [2.24, 2.45) is 0 Å². The number of hydrogen-bond donors (Lipinski definition) is 2. The molecule has 1 aromatic rings. The van der Waals surface area contributed by atoms with Crippen LogP contribution in [0.1, 0.15) is 27.0 Å². The number of halogens is 1. The monoisotopic (exact) mass is 395 g/mol. The molecular weight excluding hydrogens is 376 g/mol. The van der Waals surface area contributed by atoms with Crippen molar-refractivity contribution in [1.82, 2.24) is 9.55 Å². The lowest BCUT2D eigenvalue weighted by atomic mass is 9.95. The van der Waals surface area contributed by atoms with Crippen LogP contribution >= 0.6 is 6.72 Å². The van der Waals surface area contributed by atoms with E-state index in [4.69, 9.17) is 35.8 Å². The number of aromatic nitrogens is 2. The molecule has 2 fully saturated rings. The lowest BCUT2D eigenvalue weighted by Gasteiger charge is -2.39. The van der Waals surface area contributed by atoms with Crippen LogP contribution in [0.2, 0.25) is 0 Å². The first-order valence-corrected chi connectivity index (χ1v) is 10.1. The summed E-state index contributed by atoms with van der Waals surface area (Å²) in [5, 5.41) is 10.9. The van der Waals surface area contributed by atoms with Crippen molar-refractivity contribution in [1.29, 1.82) is 0 Å². The molecule has 0 aromatic carbocycles. The second-order valence-corrected chi connectivity index (χ2v) is 9.30. The molecule has 3 heterocycles. The van der Waals surface area contributed by atoms with Gasteiger partial charge in [0.05, 0.1) is 6.10 Å². The molecule has 3 rings (SSSR count). The van der Waals surface area contributed by atoms with Crippen molar-refractivity contribution < 1.29 is 27.8 Å². The van der Waals surface area contributed by atoms with E-state index in [1.54, 1.807) is 13.8 Å². The zero-order chi connectivity index (χ0) is 18.6. The zero-order valence-corrected chi connectivity index (χ0v) is 15.5. The van der Waals surface area contributed by atoms with Gasteiger partial charge in [-0.15, -0.1) is 0 Å². The van der Waals surface area contributed by atoms with Gasteiger partial charge in [0.15, 0.2) is 12.3 Å². The van der Waals surface area contributed by atoms with E-state index < -0.39 is 42.8 Å². The molecule has 140 valence electrons. The first-order chi connectivity index (χ1) is 11.5. The van der Waals surface area contributed by atoms with Crippen LogP contribution in [0, 0.1) is 0 Å². The number of ether oxygens (including phenoxy) is 1. The molecule has 5 atom stereocenters. The first-order valence-electron chi connectivity index (χ1n) is 7.52. The number of alkyl halides is 1. The Morgan fingerprint density at radius 1 is 1.64 bits per heavy atom. The van der Waals surface area contributed by atoms with Gasteiger partial charge in [-0.3, -0.25) is 9.09 Å². The van der Waals surface area contributed by atoms with Crippen LogP contribution in [-0.2, 0) is 30.1 Å². The maximum atomic E-state index is 15.2. The highest BCUT2D eigenvalue weighted by Gasteiger charge is 2.68. The Kier molecular flexibility index (Phi) is 4.56. The molecule has 3 N–H and O–H groups in total. The summed E-state index contributed by atoms with van der Waals surface area (Å²) in [6, 6.07) is 1.33. The van der Waals surface area contributed by atoms with E-state index in [1.807, 2.05) is 0 Å². The SMILES string of the molecule is CC(C)OP1(=S)OCC2(F)OC(n3ccc(N)nc3=O)C(C)(O)C2O1. The molecule has 12 heteroatoms. The summed E-state index contributed by atoms with van der Waals surface area (Å²) in [5.74, 6) is -2.51. The second kappa shape index (κ2) is 6.05. The molecule has 5 unspecified atom stereocenters. The van der Waals surface area contributed by atoms with Crippen LogP contribution in [0.15, 0.2) is 17.1 Å². The smallest absolute Gasteiger partial charge is 0.351 e. The van der Waals surface area contributed by atoms with Gasteiger partial charge in [0, 0.05) is 6.20 Å². The lowest BCUT2D eigenvalue weighted by Crippen LogP contribution is -2.53. The van der Waals surface area contributed by atoms with E-state index in [0.717, 1.165) is 4.57 Å². The largest absolute Gasteiger partial charge is 0.383 e. The van der Waals surface area contributed by atoms with Gasteiger partial charge in [-0.05, 0) is 38.6 Å². The molecule has 0 spiro atoms. The van der Waals surface area contributed by atoms with Crippen LogP contribution in [0.3, 0.4) is 0 Å². The number of nitrogens with zero attached hydrogens (tertiary/aromatic N) is 2. The standard InChI is InChI=1S/C13H19FN3O6PS/c1-7(2)22-24(25)20-6-13(14)9(23-24)12(3,19)10(21-13)17-5-4-8(15)16-11(17)18/h4-5,7,9-10,19H,6H2,1-3H3,(H2,15,16,18). The normalized spacial score (nSPS) is 41.0. The summed E-state index contributed by atoms with van der Waals surface area (Å²) in [4.78, 5) is 15.6. The molecule has 0 saturated carbocycles. The number of aliphatic hydroxyl groups is 1. The Morgan fingerprint density at radius 3 is 2.92 bits per heavy atom. The van der Waals surface area contributed by atoms with Crippen LogP contribution in [0.4, 0.5) is 10.2 Å². The number of anilines is 1. The van der Waals surface area contributed by atoms with Crippen LogP contribution < -0.4 is 11.4 Å². The average molecular weight is 395 g/mol. The number of nitrogens with two attached hydrogens (primary N) is 1. The van der Waals surface area contributed by atoms with Crippen molar-refractivity contribution in [3.8, 4) is 0 Å². The van der Waals surface area contributed by atoms with E-state index in [9.17, 15) is 9.90 Å². The molecule has 9 nitrogen and oxygen atoms in total. The van der Waals surface area contributed by atoms with Gasteiger partial charge in [0.25, 0.3) is 5.85 Å². The maximum absolute atomic E-state index is 15.2. The van der Waals surface area contributed by atoms with Gasteiger partial charge in [-0.2, -0.15) is 4.98 Å². The molecule has 0 radical (unpaired) electrons. The highest BCUT2D eigenvalue weighted by atomic mass is 32.5. The maximum Gasteiger partial charge on any atom is 0.351 e. The van der Waals surface area contributed by atoms with E-state index >= 15 is 4.39 Å². The fourth-order valence-electron chi connectivity index (χ4n) is 2.81. The van der Waals surface area contributed by atoms with Gasteiger partial charge < -0.3 is 24.6 Å². The molecule has 2 saturated heterocycles. The quantitative estimate of drug-likeness (QED) is 0.718. The summed E-state index contributed by atoms with van der Waals surface area (Å²) in [7, 11) is 0. The topological polar surface area (TPSA) is 118 Å². The minimum atomic E-state index is -3.27. The highest BCUT2D eigenvalue weighted by molar-refractivity contribution is 8.07. The molecule has 25 heavy (non-hydrogen) atoms. The fourth-order valence-corrected chi connectivity index (χ4v) is 5.39. The molecule has 0 bridgehead atoms. The van der Waals surface area contributed by atoms with Gasteiger partial charge in [-0.25, -0.2) is 9.18 Å². The highest BCUT2D eigenvalue weighted by Crippen LogP contribution is 2.62. The Morgan fingerprint density at radius 2 is 2.32 bits per heavy atom. The van der Waals surface area contributed by atoms with Crippen molar-refractivity contribution in [3.05, 3.63) is 22.7 Å². The molecule has 0 aliphatic carbocycles. The zero-order valence-electron chi connectivity index (χ0n) is 13.8.